The van der Waals surface area contributed by atoms with Crippen LogP contribution in [0.1, 0.15) is 30.7 Å². The highest BCUT2D eigenvalue weighted by Crippen LogP contribution is 2.35. The van der Waals surface area contributed by atoms with E-state index in [9.17, 15) is 9.18 Å². The largest absolute Gasteiger partial charge is 0.340 e. The first-order chi connectivity index (χ1) is 14.9. The van der Waals surface area contributed by atoms with E-state index in [-0.39, 0.29) is 11.7 Å². The van der Waals surface area contributed by atoms with Gasteiger partial charge in [0.25, 0.3) is 0 Å². The molecule has 0 bridgehead atoms. The molecule has 1 aromatic heterocycles. The maximum absolute atomic E-state index is 13.5. The van der Waals surface area contributed by atoms with Gasteiger partial charge in [0, 0.05) is 24.3 Å². The Labute approximate surface area is 180 Å². The summed E-state index contributed by atoms with van der Waals surface area (Å²) in [5.74, 6) is 1.38. The number of aryl methyl sites for hydroxylation is 1. The van der Waals surface area contributed by atoms with E-state index in [1.807, 2.05) is 36.1 Å². The molecule has 3 aromatic rings. The summed E-state index contributed by atoms with van der Waals surface area (Å²) in [4.78, 5) is 19.6. The number of nitrogens with one attached hydrogen (secondary N) is 1. The molecule has 0 atom stereocenters. The molecule has 6 nitrogen and oxygen atoms in total. The van der Waals surface area contributed by atoms with Gasteiger partial charge < -0.3 is 20.5 Å². The van der Waals surface area contributed by atoms with Crippen molar-refractivity contribution in [3.63, 3.8) is 0 Å². The Hall–Kier alpha value is -3.19. The fourth-order valence-electron chi connectivity index (χ4n) is 4.30. The lowest BCUT2D eigenvalue weighted by Crippen LogP contribution is -2.60. The molecule has 160 valence electrons. The maximum atomic E-state index is 13.5. The zero-order valence-electron chi connectivity index (χ0n) is 17.6. The zero-order valence-corrected chi connectivity index (χ0v) is 17.6. The highest BCUT2D eigenvalue weighted by atomic mass is 19.1. The molecule has 2 heterocycles. The van der Waals surface area contributed by atoms with Crippen LogP contribution in [0.15, 0.2) is 48.5 Å². The van der Waals surface area contributed by atoms with Crippen LogP contribution in [0.4, 0.5) is 15.9 Å². The Kier molecular flexibility index (Phi) is 4.78. The Morgan fingerprint density at radius 2 is 1.81 bits per heavy atom. The summed E-state index contributed by atoms with van der Waals surface area (Å²) in [7, 11) is 0. The van der Waals surface area contributed by atoms with Crippen molar-refractivity contribution >= 4 is 17.4 Å². The third-order valence-electron chi connectivity index (χ3n) is 6.36. The average Bonchev–Trinajstić information content (AvgIpc) is 3.11. The van der Waals surface area contributed by atoms with Crippen LogP contribution in [0.5, 0.6) is 0 Å². The second-order valence-electron chi connectivity index (χ2n) is 8.61. The topological polar surface area (TPSA) is 76.2 Å². The summed E-state index contributed by atoms with van der Waals surface area (Å²) in [6, 6.07) is 14.5. The Bertz CT molecular complexity index is 1120. The normalized spacial score (nSPS) is 17.1. The van der Waals surface area contributed by atoms with Gasteiger partial charge in [0.05, 0.1) is 12.1 Å². The van der Waals surface area contributed by atoms with Crippen LogP contribution in [0.2, 0.25) is 0 Å². The predicted octanol–water partition coefficient (Wildman–Crippen LogP) is 3.96. The molecule has 2 aromatic carbocycles. The summed E-state index contributed by atoms with van der Waals surface area (Å²) in [6.07, 6.45) is 2.50. The highest BCUT2D eigenvalue weighted by molar-refractivity contribution is 5.87. The van der Waals surface area contributed by atoms with Crippen LogP contribution in [0.25, 0.3) is 11.3 Å². The molecular formula is C24H26FN5O. The number of hydrogen-bond donors (Lipinski definition) is 2. The third kappa shape index (κ3) is 3.59. The van der Waals surface area contributed by atoms with Crippen LogP contribution in [0.3, 0.4) is 0 Å². The summed E-state index contributed by atoms with van der Waals surface area (Å²) in [5, 5.41) is 3.50. The molecule has 31 heavy (non-hydrogen) atoms. The number of carbonyl (C=O) groups is 1. The summed E-state index contributed by atoms with van der Waals surface area (Å²) in [6.45, 7) is 3.68. The van der Waals surface area contributed by atoms with Gasteiger partial charge in [-0.3, -0.25) is 4.79 Å². The van der Waals surface area contributed by atoms with Crippen LogP contribution in [-0.4, -0.2) is 32.4 Å². The van der Waals surface area contributed by atoms with Gasteiger partial charge in [-0.05, 0) is 62.6 Å². The fraction of sp³-hybridized carbons (Fsp3) is 0.333. The SMILES string of the molecule is Cc1ccc(Nc2c(-c3ccc(F)cc3)nc3n2CCN(C(=O)C2(N)CCC2)C3)cc1. The standard InChI is InChI=1S/C24H26FN5O/c1-16-3-9-19(10-4-16)27-22-21(17-5-7-18(25)8-6-17)28-20-15-29(13-14-30(20)22)23(31)24(26)11-2-12-24/h3-10,27H,2,11-15,26H2,1H3. The molecule has 0 radical (unpaired) electrons. The number of benzene rings is 2. The third-order valence-corrected chi connectivity index (χ3v) is 6.36. The monoisotopic (exact) mass is 419 g/mol. The van der Waals surface area contributed by atoms with Gasteiger partial charge >= 0.3 is 0 Å². The lowest BCUT2D eigenvalue weighted by Gasteiger charge is -2.41. The number of fused-ring (bicyclic) bond motifs is 1. The zero-order chi connectivity index (χ0) is 21.6. The number of aromatic nitrogens is 2. The summed E-state index contributed by atoms with van der Waals surface area (Å²) < 4.78 is 15.6. The number of halogens is 1. The molecular weight excluding hydrogens is 393 g/mol. The lowest BCUT2D eigenvalue weighted by molar-refractivity contribution is -0.141. The van der Waals surface area contributed by atoms with E-state index in [2.05, 4.69) is 9.88 Å². The number of nitrogens with zero attached hydrogens (tertiary/aromatic N) is 3. The summed E-state index contributed by atoms with van der Waals surface area (Å²) in [5.41, 5.74) is 9.28. The first-order valence-corrected chi connectivity index (χ1v) is 10.7. The first kappa shape index (κ1) is 19.8. The van der Waals surface area contributed by atoms with E-state index >= 15 is 0 Å². The van der Waals surface area contributed by atoms with Gasteiger partial charge in [0.2, 0.25) is 5.91 Å². The van der Waals surface area contributed by atoms with E-state index in [1.54, 1.807) is 12.1 Å². The number of rotatable bonds is 4. The van der Waals surface area contributed by atoms with E-state index in [0.29, 0.717) is 19.6 Å². The van der Waals surface area contributed by atoms with Gasteiger partial charge in [0.1, 0.15) is 23.2 Å². The van der Waals surface area contributed by atoms with Crippen molar-refractivity contribution in [2.45, 2.75) is 44.8 Å². The molecule has 5 rings (SSSR count). The minimum absolute atomic E-state index is 0.0179. The molecule has 7 heteroatoms. The minimum Gasteiger partial charge on any atom is -0.340 e. The van der Waals surface area contributed by atoms with Crippen molar-refractivity contribution < 1.29 is 9.18 Å². The molecule has 2 aliphatic rings. The second kappa shape index (κ2) is 7.50. The van der Waals surface area contributed by atoms with Crippen molar-refractivity contribution in [3.05, 3.63) is 65.7 Å². The molecule has 1 amide bonds. The molecule has 0 saturated heterocycles. The fourth-order valence-corrected chi connectivity index (χ4v) is 4.30. The van der Waals surface area contributed by atoms with Crippen LogP contribution in [0, 0.1) is 12.7 Å². The molecule has 0 unspecified atom stereocenters. The Balaban J connectivity index is 1.51. The van der Waals surface area contributed by atoms with Gasteiger partial charge in [-0.1, -0.05) is 17.7 Å². The van der Waals surface area contributed by atoms with Gasteiger partial charge in [0.15, 0.2) is 0 Å². The van der Waals surface area contributed by atoms with Crippen molar-refractivity contribution in [1.29, 1.82) is 0 Å². The van der Waals surface area contributed by atoms with Crippen molar-refractivity contribution in [3.8, 4) is 11.3 Å². The van der Waals surface area contributed by atoms with Crippen LogP contribution in [-0.2, 0) is 17.9 Å². The summed E-state index contributed by atoms with van der Waals surface area (Å²) >= 11 is 0. The van der Waals surface area contributed by atoms with Crippen molar-refractivity contribution in [1.82, 2.24) is 14.5 Å². The molecule has 0 spiro atoms. The Morgan fingerprint density at radius 1 is 1.10 bits per heavy atom. The maximum Gasteiger partial charge on any atom is 0.243 e. The van der Waals surface area contributed by atoms with Gasteiger partial charge in [-0.2, -0.15) is 0 Å². The van der Waals surface area contributed by atoms with E-state index in [1.165, 1.54) is 17.7 Å². The lowest BCUT2D eigenvalue weighted by atomic mass is 9.76. The minimum atomic E-state index is -0.711. The Morgan fingerprint density at radius 3 is 2.45 bits per heavy atom. The highest BCUT2D eigenvalue weighted by Gasteiger charge is 2.43. The number of imidazole rings is 1. The van der Waals surface area contributed by atoms with E-state index < -0.39 is 5.54 Å². The molecule has 1 saturated carbocycles. The number of hydrogen-bond acceptors (Lipinski definition) is 4. The number of amides is 1. The quantitative estimate of drug-likeness (QED) is 0.671. The van der Waals surface area contributed by atoms with Crippen LogP contribution < -0.4 is 11.1 Å². The molecule has 1 aliphatic heterocycles. The number of nitrogens with two attached hydrogens (primary N) is 1. The smallest absolute Gasteiger partial charge is 0.243 e. The predicted molar refractivity (Wildman–Crippen MR) is 118 cm³/mol. The van der Waals surface area contributed by atoms with E-state index in [0.717, 1.165) is 47.8 Å². The first-order valence-electron chi connectivity index (χ1n) is 10.7. The van der Waals surface area contributed by atoms with E-state index in [4.69, 9.17) is 10.7 Å². The second-order valence-corrected chi connectivity index (χ2v) is 8.61. The van der Waals surface area contributed by atoms with Gasteiger partial charge in [-0.15, -0.1) is 0 Å². The van der Waals surface area contributed by atoms with Crippen molar-refractivity contribution in [2.75, 3.05) is 11.9 Å². The molecule has 3 N–H and O–H groups in total. The molecule has 1 fully saturated rings. The average molecular weight is 420 g/mol. The number of carbonyl (C=O) groups excluding carboxylic acids is 1. The van der Waals surface area contributed by atoms with Gasteiger partial charge in [-0.25, -0.2) is 9.37 Å². The molecule has 1 aliphatic carbocycles. The van der Waals surface area contributed by atoms with Crippen LogP contribution >= 0.6 is 0 Å². The van der Waals surface area contributed by atoms with Crippen molar-refractivity contribution in [2.24, 2.45) is 5.73 Å². The number of anilines is 2.